The maximum Gasteiger partial charge on any atom is 0.255 e. The van der Waals surface area contributed by atoms with Crippen LogP contribution in [0.3, 0.4) is 0 Å². The molecule has 0 radical (unpaired) electrons. The number of anilines is 13. The van der Waals surface area contributed by atoms with Gasteiger partial charge in [-0.15, -0.1) is 0 Å². The largest absolute Gasteiger partial charge is 0.383 e. The lowest BCUT2D eigenvalue weighted by molar-refractivity contribution is -0.119. The number of rotatable bonds is 22. The van der Waals surface area contributed by atoms with E-state index in [4.69, 9.17) is 65.5 Å². The lowest BCUT2D eigenvalue weighted by atomic mass is 9.99. The number of amides is 1. The summed E-state index contributed by atoms with van der Waals surface area (Å²) in [6.07, 6.45) is 12.7. The summed E-state index contributed by atoms with van der Waals surface area (Å²) in [5, 5.41) is 20.1. The molecule has 0 saturated carbocycles. The fourth-order valence-corrected chi connectivity index (χ4v) is 14.5. The molecule has 0 bridgehead atoms. The van der Waals surface area contributed by atoms with Crippen molar-refractivity contribution in [3.05, 3.63) is 242 Å². The summed E-state index contributed by atoms with van der Waals surface area (Å²) < 4.78 is 0. The van der Waals surface area contributed by atoms with E-state index in [2.05, 4.69) is 161 Å². The first-order valence-electron chi connectivity index (χ1n) is 37.7. The molecule has 1 amide bonds. The first-order valence-corrected chi connectivity index (χ1v) is 37.7. The normalized spacial score (nSPS) is 15.0. The van der Waals surface area contributed by atoms with Gasteiger partial charge in [-0.2, -0.15) is 39.9 Å². The fourth-order valence-electron chi connectivity index (χ4n) is 14.5. The average molecular weight is 1480 g/mol. The second-order valence-electron chi connectivity index (χ2n) is 28.3. The molecule has 17 rings (SSSR count). The fraction of sp³-hybridized carbons (Fsp3) is 0.284. The van der Waals surface area contributed by atoms with Gasteiger partial charge in [-0.1, -0.05) is 103 Å². The van der Waals surface area contributed by atoms with Gasteiger partial charge in [0.25, 0.3) is 5.56 Å². The lowest BCUT2D eigenvalue weighted by Gasteiger charge is -2.35. The second-order valence-corrected chi connectivity index (χ2v) is 28.3. The molecule has 111 heavy (non-hydrogen) atoms. The number of carbonyl (C=O) groups is 1. The van der Waals surface area contributed by atoms with E-state index in [0.717, 1.165) is 94.9 Å². The smallest absolute Gasteiger partial charge is 0.255 e. The van der Waals surface area contributed by atoms with Gasteiger partial charge in [-0.05, 0) is 124 Å². The molecule has 560 valence electrons. The zero-order chi connectivity index (χ0) is 75.0. The van der Waals surface area contributed by atoms with Crippen LogP contribution in [-0.2, 0) is 56.5 Å². The number of hydrogen-bond acceptors (Lipinski definition) is 28. The number of H-pyrrole nitrogens is 1. The standard InChI is InChI=1S/C81H84N28O2/c1-52(110)85-44-56-8-5-9-66(41-56)93-74-96-70(71-97-75(94-68-21-19-61-23-25-84-48-63(61)43-68)103-81(99-71)109-36-32-106(33-37-109)78-89-50-65(72(111)100-78)40-53-6-3-2-4-7-53)98-80(102-74)108-34-26-104(27-35-108)76-86-45-57(46-87-76)38-54-10-14-58(15-11-54)59-16-12-55(13-17-59)39-64-49-88-77(95-69(64)82)105-28-30-107(31-29-105)79-91-51-90-73(101-79)92-67-20-18-60-22-24-83-47-62(60)42-67/h2-21,41-43,45-46,49-51,83-84H,22-40,44,47-48H2,1H3,(H,85,110)(H2,82,88,95)(H,89,100,111)(H,90,91,92,101)(H,93,96,98,102)(H,94,97,99,103). The minimum Gasteiger partial charge on any atom is -0.383 e. The number of benzene rings is 6. The summed E-state index contributed by atoms with van der Waals surface area (Å²) in [4.78, 5) is 109. The van der Waals surface area contributed by atoms with E-state index in [9.17, 15) is 9.59 Å². The van der Waals surface area contributed by atoms with Crippen molar-refractivity contribution in [1.82, 2.24) is 90.7 Å². The van der Waals surface area contributed by atoms with Crippen molar-refractivity contribution in [2.45, 2.75) is 58.7 Å². The van der Waals surface area contributed by atoms with Crippen molar-refractivity contribution in [1.29, 1.82) is 0 Å². The zero-order valence-electron chi connectivity index (χ0n) is 61.6. The van der Waals surface area contributed by atoms with Crippen LogP contribution >= 0.6 is 0 Å². The van der Waals surface area contributed by atoms with Gasteiger partial charge in [0.05, 0.1) is 0 Å². The molecule has 0 atom stereocenters. The van der Waals surface area contributed by atoms with Crippen LogP contribution in [0.25, 0.3) is 22.8 Å². The van der Waals surface area contributed by atoms with E-state index in [1.54, 1.807) is 12.5 Å². The molecule has 0 spiro atoms. The molecule has 11 heterocycles. The number of carbonyl (C=O) groups excluding carboxylic acids is 1. The number of nitrogen functional groups attached to an aromatic ring is 1. The van der Waals surface area contributed by atoms with Crippen molar-refractivity contribution in [3.63, 3.8) is 0 Å². The highest BCUT2D eigenvalue weighted by molar-refractivity contribution is 5.73. The summed E-state index contributed by atoms with van der Waals surface area (Å²) in [7, 11) is 0. The van der Waals surface area contributed by atoms with Gasteiger partial charge in [0.1, 0.15) is 12.1 Å². The predicted octanol–water partition coefficient (Wildman–Crippen LogP) is 7.73. The molecule has 30 heteroatoms. The number of aromatic amines is 1. The summed E-state index contributed by atoms with van der Waals surface area (Å²) in [6.45, 7) is 12.6. The van der Waals surface area contributed by atoms with Crippen LogP contribution in [0.4, 0.5) is 76.4 Å². The van der Waals surface area contributed by atoms with E-state index in [1.807, 2.05) is 73.2 Å². The highest BCUT2D eigenvalue weighted by atomic mass is 16.1. The number of hydrogen-bond donors (Lipinski definition) is 8. The molecule has 9 N–H and O–H groups in total. The zero-order valence-corrected chi connectivity index (χ0v) is 61.6. The molecule has 5 aliphatic heterocycles. The SMILES string of the molecule is CC(=O)NCc1cccc(Nc2nc(-c3nc(Nc4ccc5c(c4)CNCC5)nc(N4CCN(c5ncc(Cc6ccccc6)c(=O)[nH]5)CC4)n3)nc(N3CCN(c4ncc(Cc5ccc(-c6ccc(Cc7cnc(N8CCN(c9ncnc(Nc%10ccc%11c(c%10)CNCC%11)n9)CC8)nc7N)cc6)cc5)cn4)CC3)n2)c1. The summed E-state index contributed by atoms with van der Waals surface area (Å²) in [5.74, 6) is 5.20. The van der Waals surface area contributed by atoms with Crippen molar-refractivity contribution in [3.8, 4) is 22.8 Å². The van der Waals surface area contributed by atoms with Crippen molar-refractivity contribution in [2.75, 3.05) is 143 Å². The van der Waals surface area contributed by atoms with Crippen molar-refractivity contribution < 1.29 is 4.79 Å². The molecule has 12 aromatic rings. The molecule has 6 aromatic heterocycles. The number of fused-ring (bicyclic) bond motifs is 2. The van der Waals surface area contributed by atoms with E-state index < -0.39 is 0 Å². The van der Waals surface area contributed by atoms with Crippen LogP contribution in [0.1, 0.15) is 68.1 Å². The maximum absolute atomic E-state index is 13.4. The third-order valence-corrected chi connectivity index (χ3v) is 20.7. The summed E-state index contributed by atoms with van der Waals surface area (Å²) in [5.41, 5.74) is 23.1. The van der Waals surface area contributed by atoms with E-state index in [0.29, 0.717) is 169 Å². The predicted molar refractivity (Wildman–Crippen MR) is 429 cm³/mol. The number of aromatic nitrogens is 15. The number of nitrogens with one attached hydrogen (secondary N) is 7. The summed E-state index contributed by atoms with van der Waals surface area (Å²) >= 11 is 0. The second kappa shape index (κ2) is 32.3. The van der Waals surface area contributed by atoms with E-state index in [-0.39, 0.29) is 29.1 Å². The van der Waals surface area contributed by atoms with Gasteiger partial charge < -0.3 is 67.0 Å². The van der Waals surface area contributed by atoms with Crippen LogP contribution in [0.15, 0.2) is 175 Å². The van der Waals surface area contributed by atoms with Crippen molar-refractivity contribution >= 4 is 82.3 Å². The Kier molecular flexibility index (Phi) is 20.6. The Balaban J connectivity index is 0.533. The quantitative estimate of drug-likeness (QED) is 0.0322. The molecule has 5 aliphatic rings. The Morgan fingerprint density at radius 1 is 0.414 bits per heavy atom. The molecule has 6 aromatic carbocycles. The van der Waals surface area contributed by atoms with Crippen LogP contribution in [-0.4, -0.2) is 172 Å². The highest BCUT2D eigenvalue weighted by Crippen LogP contribution is 2.31. The first kappa shape index (κ1) is 70.7. The van der Waals surface area contributed by atoms with Crippen molar-refractivity contribution in [2.24, 2.45) is 0 Å². The Morgan fingerprint density at radius 2 is 0.901 bits per heavy atom. The average Bonchev–Trinajstić information content (AvgIpc) is 0.780. The van der Waals surface area contributed by atoms with Gasteiger partial charge in [0.2, 0.25) is 71.1 Å². The molecule has 30 nitrogen and oxygen atoms in total. The number of piperazine rings is 3. The third kappa shape index (κ3) is 17.1. The minimum absolute atomic E-state index is 0.126. The maximum atomic E-state index is 13.4. The molecule has 0 unspecified atom stereocenters. The van der Waals surface area contributed by atoms with Gasteiger partial charge in [0.15, 0.2) is 0 Å². The van der Waals surface area contributed by atoms with Gasteiger partial charge in [0, 0.05) is 177 Å². The minimum atomic E-state index is -0.161. The highest BCUT2D eigenvalue weighted by Gasteiger charge is 2.29. The lowest BCUT2D eigenvalue weighted by Crippen LogP contribution is -2.48. The van der Waals surface area contributed by atoms with Gasteiger partial charge >= 0.3 is 0 Å². The molecule has 3 saturated heterocycles. The topological polar surface area (TPSA) is 348 Å². The van der Waals surface area contributed by atoms with Crippen LogP contribution in [0.5, 0.6) is 0 Å². The molecular formula is C81H84N28O2. The number of nitrogens with zero attached hydrogens (tertiary/aromatic N) is 20. The Hall–Kier alpha value is -13.2. The third-order valence-electron chi connectivity index (χ3n) is 20.7. The van der Waals surface area contributed by atoms with Crippen LogP contribution < -0.4 is 72.6 Å². The van der Waals surface area contributed by atoms with Gasteiger partial charge in [-0.3, -0.25) is 14.6 Å². The molecule has 0 aliphatic carbocycles. The van der Waals surface area contributed by atoms with Crippen LogP contribution in [0, 0.1) is 0 Å². The number of nitrogens with two attached hydrogens (primary N) is 1. The summed E-state index contributed by atoms with van der Waals surface area (Å²) in [6, 6.07) is 47.6. The Labute approximate surface area is 641 Å². The van der Waals surface area contributed by atoms with Gasteiger partial charge in [-0.25, -0.2) is 29.9 Å². The monoisotopic (exact) mass is 1480 g/mol. The molecule has 3 fully saturated rings. The Bertz CT molecular complexity index is 5360. The van der Waals surface area contributed by atoms with E-state index in [1.165, 1.54) is 29.2 Å². The molecular weight excluding hydrogens is 1400 g/mol. The van der Waals surface area contributed by atoms with Crippen LogP contribution in [0.2, 0.25) is 0 Å². The Morgan fingerprint density at radius 3 is 1.48 bits per heavy atom. The van der Waals surface area contributed by atoms with E-state index >= 15 is 0 Å². The first-order chi connectivity index (χ1) is 54.5.